The molecule has 2 rings (SSSR count). The molecule has 13 heteroatoms. The van der Waals surface area contributed by atoms with Gasteiger partial charge in [-0.1, -0.05) is 0 Å². The quantitative estimate of drug-likeness (QED) is 0.240. The number of hydrogen-bond donors (Lipinski definition) is 1. The minimum atomic E-state index is -2.33. The van der Waals surface area contributed by atoms with Gasteiger partial charge in [0.25, 0.3) is 0 Å². The largest absolute Gasteiger partial charge is 1.00 e. The van der Waals surface area contributed by atoms with E-state index in [9.17, 15) is 4.79 Å². The van der Waals surface area contributed by atoms with Crippen molar-refractivity contribution in [2.75, 3.05) is 6.54 Å². The number of amides is 1. The second-order valence-electron chi connectivity index (χ2n) is 8.66. The molecule has 1 aromatic rings. The van der Waals surface area contributed by atoms with E-state index in [0.29, 0.717) is 13.1 Å². The Morgan fingerprint density at radius 3 is 2.10 bits per heavy atom. The summed E-state index contributed by atoms with van der Waals surface area (Å²) in [5.74, 6) is 0. The summed E-state index contributed by atoms with van der Waals surface area (Å²) in [4.78, 5) is 19.9. The molecule has 1 N–H and O–H groups in total. The van der Waals surface area contributed by atoms with Crippen molar-refractivity contribution in [1.82, 2.24) is 15.1 Å². The van der Waals surface area contributed by atoms with Crippen LogP contribution in [0, 0.1) is 0 Å². The molecular formula is C18H30BCs2N3O7. The molecule has 1 saturated heterocycles. The maximum absolute atomic E-state index is 11.6. The van der Waals surface area contributed by atoms with Gasteiger partial charge < -0.3 is 34.4 Å². The van der Waals surface area contributed by atoms with Gasteiger partial charge >= 0.3 is 151 Å². The summed E-state index contributed by atoms with van der Waals surface area (Å²) in [7, 11) is -0.404. The Morgan fingerprint density at radius 1 is 1.16 bits per heavy atom. The number of hydrogen-bond acceptors (Lipinski definition) is 8. The molecule has 1 amide bonds. The van der Waals surface area contributed by atoms with Crippen LogP contribution in [0.15, 0.2) is 12.4 Å². The monoisotopic (exact) mass is 677 g/mol. The molecule has 0 spiro atoms. The molecule has 0 aromatic carbocycles. The number of nitrogens with one attached hydrogen (secondary N) is 1. The molecule has 0 unspecified atom stereocenters. The van der Waals surface area contributed by atoms with Crippen molar-refractivity contribution < 1.29 is 172 Å². The van der Waals surface area contributed by atoms with Gasteiger partial charge in [-0.05, 0) is 61.0 Å². The van der Waals surface area contributed by atoms with Gasteiger partial charge in [-0.2, -0.15) is 5.10 Å². The van der Waals surface area contributed by atoms with Gasteiger partial charge in [0, 0.05) is 30.9 Å². The van der Waals surface area contributed by atoms with E-state index in [0.717, 1.165) is 11.9 Å². The molecule has 0 saturated carbocycles. The fraction of sp³-hybridized carbons (Fsp3) is 0.722. The first kappa shape index (κ1) is 35.0. The van der Waals surface area contributed by atoms with Crippen molar-refractivity contribution >= 4 is 24.8 Å². The van der Waals surface area contributed by atoms with Crippen LogP contribution in [0.3, 0.4) is 0 Å². The molecule has 1 aromatic heterocycles. The van der Waals surface area contributed by atoms with Gasteiger partial charge in [0.15, 0.2) is 0 Å². The summed E-state index contributed by atoms with van der Waals surface area (Å²) in [6.07, 6.45) is 1.72. The van der Waals surface area contributed by atoms with Crippen LogP contribution in [-0.2, 0) is 20.6 Å². The third-order valence-electron chi connectivity index (χ3n) is 4.41. The van der Waals surface area contributed by atoms with Crippen LogP contribution in [0.25, 0.3) is 0 Å². The molecule has 0 radical (unpaired) electrons. The van der Waals surface area contributed by atoms with E-state index in [4.69, 9.17) is 29.1 Å². The van der Waals surface area contributed by atoms with Crippen molar-refractivity contribution in [2.45, 2.75) is 78.2 Å². The van der Waals surface area contributed by atoms with E-state index in [1.165, 1.54) is 0 Å². The summed E-state index contributed by atoms with van der Waals surface area (Å²) in [6.45, 7) is 14.9. The van der Waals surface area contributed by atoms with Crippen LogP contribution < -0.4 is 159 Å². The number of aryl methyl sites for hydroxylation is 1. The van der Waals surface area contributed by atoms with Gasteiger partial charge in [-0.25, -0.2) is 4.79 Å². The smallest absolute Gasteiger partial charge is 0.652 e. The van der Waals surface area contributed by atoms with Gasteiger partial charge in [0.1, 0.15) is 5.60 Å². The molecule has 0 bridgehead atoms. The topological polar surface area (TPSA) is 138 Å². The molecule has 31 heavy (non-hydrogen) atoms. The predicted octanol–water partition coefficient (Wildman–Crippen LogP) is -6.34. The second kappa shape index (κ2) is 15.1. The molecular weight excluding hydrogens is 647 g/mol. The van der Waals surface area contributed by atoms with E-state index in [2.05, 4.69) is 10.4 Å². The fourth-order valence-electron chi connectivity index (χ4n) is 2.35. The summed E-state index contributed by atoms with van der Waals surface area (Å²) in [5.41, 5.74) is -0.309. The maximum Gasteiger partial charge on any atom is 1.00 e. The zero-order valence-electron chi connectivity index (χ0n) is 20.1. The first-order chi connectivity index (χ1) is 13.1. The first-order valence-electron chi connectivity index (χ1n) is 9.36. The molecule has 164 valence electrons. The third kappa shape index (κ3) is 13.5. The molecule has 1 aliphatic rings. The SMILES string of the molecule is CC(C)(C)OC(=O)NCCCn1cc(B2OC(C)(C)C(C)(C)O2)cn1.O=C([O-])[O-].[Cs+].[Cs+]. The van der Waals surface area contributed by atoms with E-state index in [-0.39, 0.29) is 149 Å². The van der Waals surface area contributed by atoms with Crippen molar-refractivity contribution in [3.63, 3.8) is 0 Å². The van der Waals surface area contributed by atoms with Crippen molar-refractivity contribution in [3.8, 4) is 0 Å². The zero-order chi connectivity index (χ0) is 22.5. The van der Waals surface area contributed by atoms with Crippen LogP contribution in [0.2, 0.25) is 0 Å². The Kier molecular flexibility index (Phi) is 17.0. The molecule has 1 fully saturated rings. The Morgan fingerprint density at radius 2 is 1.65 bits per heavy atom. The maximum atomic E-state index is 11.6. The van der Waals surface area contributed by atoms with Crippen molar-refractivity contribution in [2.24, 2.45) is 0 Å². The van der Waals surface area contributed by atoms with E-state index in [1.807, 2.05) is 59.3 Å². The Hall–Kier alpha value is 1.84. The third-order valence-corrected chi connectivity index (χ3v) is 4.41. The number of nitrogens with zero attached hydrogens (tertiary/aromatic N) is 2. The van der Waals surface area contributed by atoms with Gasteiger partial charge in [-0.3, -0.25) is 4.68 Å². The average Bonchev–Trinajstić information content (AvgIpc) is 3.04. The Bertz CT molecular complexity index is 689. The molecule has 1 aliphatic heterocycles. The Balaban J connectivity index is 0. The standard InChI is InChI=1S/C17H30BN3O4.CH2O3.2Cs/c1-15(2,3)23-14(22)19-9-8-10-21-12-13(11-20-21)18-24-16(4,5)17(6,7)25-18;2-1(3)4;;/h11-12H,8-10H2,1-7H3,(H,19,22);(H2,2,3,4);;/q;;2*+1/p-2. The molecule has 10 nitrogen and oxygen atoms in total. The first-order valence-corrected chi connectivity index (χ1v) is 9.36. The van der Waals surface area contributed by atoms with E-state index < -0.39 is 25.0 Å². The van der Waals surface area contributed by atoms with Gasteiger partial charge in [0.05, 0.1) is 11.2 Å². The van der Waals surface area contributed by atoms with Gasteiger partial charge in [-0.15, -0.1) is 0 Å². The second-order valence-corrected chi connectivity index (χ2v) is 8.66. The van der Waals surface area contributed by atoms with Gasteiger partial charge in [0.2, 0.25) is 0 Å². The van der Waals surface area contributed by atoms with Crippen LogP contribution in [0.4, 0.5) is 9.59 Å². The molecule has 0 atom stereocenters. The minimum Gasteiger partial charge on any atom is -0.652 e. The number of rotatable bonds is 5. The molecule has 0 aliphatic carbocycles. The van der Waals surface area contributed by atoms with Crippen LogP contribution in [0.5, 0.6) is 0 Å². The number of carboxylic acid groups (broad SMARTS) is 2. The number of carbonyl (C=O) groups is 2. The Labute approximate surface area is 302 Å². The van der Waals surface area contributed by atoms with Crippen LogP contribution >= 0.6 is 0 Å². The number of ether oxygens (including phenoxy) is 1. The average molecular weight is 677 g/mol. The van der Waals surface area contributed by atoms with Crippen molar-refractivity contribution in [3.05, 3.63) is 12.4 Å². The fourth-order valence-corrected chi connectivity index (χ4v) is 2.35. The zero-order valence-corrected chi connectivity index (χ0v) is 32.7. The summed E-state index contributed by atoms with van der Waals surface area (Å²) >= 11 is 0. The van der Waals surface area contributed by atoms with Crippen molar-refractivity contribution in [1.29, 1.82) is 0 Å². The van der Waals surface area contributed by atoms with E-state index >= 15 is 0 Å². The minimum absolute atomic E-state index is 0. The van der Waals surface area contributed by atoms with E-state index in [1.54, 1.807) is 6.20 Å². The summed E-state index contributed by atoms with van der Waals surface area (Å²) in [5, 5.41) is 23.8. The normalized spacial score (nSPS) is 16.2. The predicted molar refractivity (Wildman–Crippen MR) is 102 cm³/mol. The number of carbonyl (C=O) groups excluding carboxylic acids is 2. The molecule has 2 heterocycles. The van der Waals surface area contributed by atoms with Crippen LogP contribution in [0.1, 0.15) is 54.9 Å². The summed E-state index contributed by atoms with van der Waals surface area (Å²) < 4.78 is 19.1. The number of alkyl carbamates (subject to hydrolysis) is 1. The summed E-state index contributed by atoms with van der Waals surface area (Å²) in [6, 6.07) is 0. The number of aromatic nitrogens is 2. The van der Waals surface area contributed by atoms with Crippen LogP contribution in [-0.4, -0.2) is 52.5 Å².